The molecular formula is C9H9N. The minimum Gasteiger partial charge on any atom is -0.327 e. The molecule has 0 amide bonds. The minimum absolute atomic E-state index is 0.123. The molecule has 0 saturated heterocycles. The summed E-state index contributed by atoms with van der Waals surface area (Å²) in [5.74, 6) is 0. The summed E-state index contributed by atoms with van der Waals surface area (Å²) in [6.45, 7) is 0. The molecule has 0 unspecified atom stereocenters. The van der Waals surface area contributed by atoms with Crippen molar-refractivity contribution in [3.8, 4) is 0 Å². The van der Waals surface area contributed by atoms with E-state index in [1.807, 2.05) is 12.1 Å². The van der Waals surface area contributed by atoms with E-state index in [0.717, 1.165) is 6.42 Å². The third-order valence-electron chi connectivity index (χ3n) is 1.80. The number of fused-ring (bicyclic) bond motifs is 1. The summed E-state index contributed by atoms with van der Waals surface area (Å²) >= 11 is 0. The average Bonchev–Trinajstić information content (AvgIpc) is 2.27. The van der Waals surface area contributed by atoms with Gasteiger partial charge in [-0.05, 0) is 17.5 Å². The summed E-state index contributed by atoms with van der Waals surface area (Å²) < 4.78 is 0. The van der Waals surface area contributed by atoms with Crippen molar-refractivity contribution in [1.29, 1.82) is 0 Å². The molecule has 1 heteroatoms. The molecule has 0 fully saturated rings. The zero-order valence-corrected chi connectivity index (χ0v) is 5.67. The molecule has 50 valence electrons. The molecule has 1 atom stereocenters. The summed E-state index contributed by atoms with van der Waals surface area (Å²) in [6.07, 6.45) is 4.13. The van der Waals surface area contributed by atoms with Crippen LogP contribution in [-0.2, 0) is 6.42 Å². The molecule has 1 aromatic carbocycles. The number of rotatable bonds is 0. The molecule has 0 spiro atoms. The van der Waals surface area contributed by atoms with Crippen LogP contribution in [0.15, 0.2) is 24.3 Å². The summed E-state index contributed by atoms with van der Waals surface area (Å²) in [4.78, 5) is 0. The zero-order chi connectivity index (χ0) is 6.97. The van der Waals surface area contributed by atoms with Gasteiger partial charge in [-0.2, -0.15) is 0 Å². The van der Waals surface area contributed by atoms with Crippen molar-refractivity contribution in [2.45, 2.75) is 12.5 Å². The number of hydrogen-bond donors (Lipinski definition) is 1. The molecular weight excluding hydrogens is 122 g/mol. The Bertz CT molecular complexity index is 217. The molecule has 1 nitrogen and oxygen atoms in total. The van der Waals surface area contributed by atoms with Crippen LogP contribution in [0.2, 0.25) is 0 Å². The molecule has 1 aromatic rings. The van der Waals surface area contributed by atoms with Gasteiger partial charge < -0.3 is 5.73 Å². The predicted octanol–water partition coefficient (Wildman–Crippen LogP) is 0.999. The lowest BCUT2D eigenvalue weighted by atomic mass is 10.1. The van der Waals surface area contributed by atoms with Gasteiger partial charge in [0.25, 0.3) is 0 Å². The average molecular weight is 131 g/mol. The van der Waals surface area contributed by atoms with Gasteiger partial charge in [0.1, 0.15) is 0 Å². The lowest BCUT2D eigenvalue weighted by Crippen LogP contribution is -2.17. The fourth-order valence-electron chi connectivity index (χ4n) is 1.33. The van der Waals surface area contributed by atoms with Gasteiger partial charge in [0.05, 0.1) is 0 Å². The lowest BCUT2D eigenvalue weighted by molar-refractivity contribution is 0.818. The van der Waals surface area contributed by atoms with E-state index in [1.54, 1.807) is 0 Å². The summed E-state index contributed by atoms with van der Waals surface area (Å²) in [5, 5.41) is 0. The molecule has 0 aliphatic heterocycles. The zero-order valence-electron chi connectivity index (χ0n) is 5.67. The Balaban J connectivity index is 2.42. The highest BCUT2D eigenvalue weighted by molar-refractivity contribution is 5.40. The summed E-state index contributed by atoms with van der Waals surface area (Å²) in [6, 6.07) is 8.34. The maximum atomic E-state index is 5.67. The van der Waals surface area contributed by atoms with E-state index in [9.17, 15) is 0 Å². The quantitative estimate of drug-likeness (QED) is 0.558. The van der Waals surface area contributed by atoms with Gasteiger partial charge in [-0.15, -0.1) is 0 Å². The molecule has 10 heavy (non-hydrogen) atoms. The SMILES string of the molecule is N[C@@H]1[C]c2ccccc2C1. The number of benzene rings is 1. The highest BCUT2D eigenvalue weighted by Gasteiger charge is 2.17. The Morgan fingerprint density at radius 1 is 1.40 bits per heavy atom. The standard InChI is InChI=1S/C9H9N/c10-9-5-7-3-1-2-4-8(7)6-9/h1-4,9H,5,10H2/t9-/m0/s1. The molecule has 1 aliphatic carbocycles. The van der Waals surface area contributed by atoms with Crippen LogP contribution >= 0.6 is 0 Å². The molecule has 0 bridgehead atoms. The highest BCUT2D eigenvalue weighted by atomic mass is 14.6. The topological polar surface area (TPSA) is 26.0 Å². The fraction of sp³-hybridized carbons (Fsp3) is 0.222. The van der Waals surface area contributed by atoms with E-state index in [2.05, 4.69) is 18.6 Å². The van der Waals surface area contributed by atoms with Gasteiger partial charge in [-0.25, -0.2) is 0 Å². The third kappa shape index (κ3) is 0.830. The van der Waals surface area contributed by atoms with Crippen molar-refractivity contribution in [1.82, 2.24) is 0 Å². The van der Waals surface area contributed by atoms with Crippen LogP contribution in [0.4, 0.5) is 0 Å². The summed E-state index contributed by atoms with van der Waals surface area (Å²) in [7, 11) is 0. The Hall–Kier alpha value is -0.820. The molecule has 0 saturated carbocycles. The smallest absolute Gasteiger partial charge is 0.0353 e. The first-order valence-corrected chi connectivity index (χ1v) is 3.46. The van der Waals surface area contributed by atoms with Gasteiger partial charge in [0.15, 0.2) is 0 Å². The normalized spacial score (nSPS) is 17.3. The van der Waals surface area contributed by atoms with Crippen molar-refractivity contribution >= 4 is 0 Å². The van der Waals surface area contributed by atoms with Gasteiger partial charge in [0.2, 0.25) is 0 Å². The number of nitrogens with two attached hydrogens (primary N) is 1. The maximum Gasteiger partial charge on any atom is 0.0353 e. The first-order valence-electron chi connectivity index (χ1n) is 3.46. The van der Waals surface area contributed by atoms with Crippen LogP contribution in [0, 0.1) is 6.42 Å². The largest absolute Gasteiger partial charge is 0.327 e. The van der Waals surface area contributed by atoms with Crippen LogP contribution in [0.3, 0.4) is 0 Å². The highest BCUT2D eigenvalue weighted by Crippen LogP contribution is 2.21. The fourth-order valence-corrected chi connectivity index (χ4v) is 1.33. The van der Waals surface area contributed by atoms with Gasteiger partial charge >= 0.3 is 0 Å². The van der Waals surface area contributed by atoms with Crippen LogP contribution in [0.25, 0.3) is 0 Å². The van der Waals surface area contributed by atoms with Gasteiger partial charge in [0, 0.05) is 12.5 Å². The minimum atomic E-state index is 0.123. The van der Waals surface area contributed by atoms with Gasteiger partial charge in [-0.3, -0.25) is 0 Å². The maximum absolute atomic E-state index is 5.67. The summed E-state index contributed by atoms with van der Waals surface area (Å²) in [5.41, 5.74) is 8.19. The Labute approximate surface area is 60.9 Å². The first-order chi connectivity index (χ1) is 4.86. The van der Waals surface area contributed by atoms with Crippen molar-refractivity contribution in [3.05, 3.63) is 41.8 Å². The Kier molecular flexibility index (Phi) is 1.24. The molecule has 2 rings (SSSR count). The number of hydrogen-bond acceptors (Lipinski definition) is 1. The van der Waals surface area contributed by atoms with Crippen molar-refractivity contribution in [2.24, 2.45) is 5.73 Å². The van der Waals surface area contributed by atoms with Crippen LogP contribution < -0.4 is 5.73 Å². The second kappa shape index (κ2) is 2.10. The molecule has 0 heterocycles. The monoisotopic (exact) mass is 131 g/mol. The lowest BCUT2D eigenvalue weighted by Gasteiger charge is -1.93. The van der Waals surface area contributed by atoms with Crippen molar-refractivity contribution in [3.63, 3.8) is 0 Å². The first kappa shape index (κ1) is 5.93. The molecule has 0 aromatic heterocycles. The Morgan fingerprint density at radius 2 is 2.20 bits per heavy atom. The molecule has 1 aliphatic rings. The molecule has 2 N–H and O–H groups in total. The second-order valence-electron chi connectivity index (χ2n) is 2.61. The van der Waals surface area contributed by atoms with E-state index in [-0.39, 0.29) is 6.04 Å². The van der Waals surface area contributed by atoms with Gasteiger partial charge in [-0.1, -0.05) is 24.3 Å². The predicted molar refractivity (Wildman–Crippen MR) is 40.5 cm³/mol. The second-order valence-corrected chi connectivity index (χ2v) is 2.61. The third-order valence-corrected chi connectivity index (χ3v) is 1.80. The van der Waals surface area contributed by atoms with Crippen molar-refractivity contribution < 1.29 is 0 Å². The van der Waals surface area contributed by atoms with Crippen molar-refractivity contribution in [2.75, 3.05) is 0 Å². The van der Waals surface area contributed by atoms with E-state index >= 15 is 0 Å². The van der Waals surface area contributed by atoms with E-state index in [0.29, 0.717) is 0 Å². The van der Waals surface area contributed by atoms with Crippen LogP contribution in [0.5, 0.6) is 0 Å². The van der Waals surface area contributed by atoms with E-state index in [1.165, 1.54) is 11.1 Å². The van der Waals surface area contributed by atoms with E-state index < -0.39 is 0 Å². The van der Waals surface area contributed by atoms with Crippen LogP contribution in [-0.4, -0.2) is 6.04 Å². The van der Waals surface area contributed by atoms with Crippen LogP contribution in [0.1, 0.15) is 11.1 Å². The van der Waals surface area contributed by atoms with E-state index in [4.69, 9.17) is 5.73 Å². The molecule has 2 radical (unpaired) electrons. The Morgan fingerprint density at radius 3 is 3.00 bits per heavy atom.